The quantitative estimate of drug-likeness (QED) is 0.564. The van der Waals surface area contributed by atoms with E-state index in [-0.39, 0.29) is 32.0 Å². The van der Waals surface area contributed by atoms with Crippen LogP contribution in [0.2, 0.25) is 0 Å². The number of carbonyl (C=O) groups is 2. The van der Waals surface area contributed by atoms with Gasteiger partial charge >= 0.3 is 5.97 Å². The Balaban J connectivity index is 2.35. The number of ketones is 1. The van der Waals surface area contributed by atoms with Crippen LogP contribution in [-0.2, 0) is 20.7 Å². The zero-order valence-electron chi connectivity index (χ0n) is 10.9. The zero-order valence-corrected chi connectivity index (χ0v) is 10.9. The lowest BCUT2D eigenvalue weighted by atomic mass is 10.1. The molecular formula is C14H18O5. The van der Waals surface area contributed by atoms with E-state index >= 15 is 0 Å². The minimum absolute atomic E-state index is 0.0955. The molecule has 0 spiro atoms. The van der Waals surface area contributed by atoms with E-state index in [2.05, 4.69) is 4.74 Å². The molecular weight excluding hydrogens is 248 g/mol. The number of aliphatic hydroxyl groups is 1. The van der Waals surface area contributed by atoms with Crippen molar-refractivity contribution in [2.45, 2.75) is 19.8 Å². The van der Waals surface area contributed by atoms with E-state index in [0.29, 0.717) is 12.2 Å². The van der Waals surface area contributed by atoms with Gasteiger partial charge in [-0.3, -0.25) is 9.59 Å². The Hall–Kier alpha value is -1.88. The van der Waals surface area contributed by atoms with Gasteiger partial charge in [0.2, 0.25) is 0 Å². The first-order valence-corrected chi connectivity index (χ1v) is 6.15. The lowest BCUT2D eigenvalue weighted by Gasteiger charge is -2.06. The summed E-state index contributed by atoms with van der Waals surface area (Å²) in [6.45, 7) is 1.89. The van der Waals surface area contributed by atoms with Crippen LogP contribution in [0.1, 0.15) is 18.9 Å². The molecule has 5 heteroatoms. The SMILES string of the molecule is CCOC(=O)CC(=O)COc1ccc(CCO)cc1. The Bertz CT molecular complexity index is 410. The molecule has 0 heterocycles. The van der Waals surface area contributed by atoms with Crippen molar-refractivity contribution in [3.8, 4) is 5.75 Å². The summed E-state index contributed by atoms with van der Waals surface area (Å²) in [5, 5.41) is 8.77. The molecule has 1 aromatic carbocycles. The molecule has 1 aromatic rings. The second-order valence-electron chi connectivity index (χ2n) is 3.93. The predicted octanol–water partition coefficient (Wildman–Crippen LogP) is 1.12. The number of esters is 1. The third-order valence-corrected chi connectivity index (χ3v) is 2.37. The molecule has 0 fully saturated rings. The van der Waals surface area contributed by atoms with Crippen LogP contribution in [0, 0.1) is 0 Å². The van der Waals surface area contributed by atoms with Crippen LogP contribution < -0.4 is 4.74 Å². The minimum Gasteiger partial charge on any atom is -0.486 e. The molecule has 0 aliphatic heterocycles. The number of ether oxygens (including phenoxy) is 2. The van der Waals surface area contributed by atoms with Crippen LogP contribution in [0.3, 0.4) is 0 Å². The summed E-state index contributed by atoms with van der Waals surface area (Å²) in [4.78, 5) is 22.5. The van der Waals surface area contributed by atoms with E-state index in [1.165, 1.54) is 0 Å². The second-order valence-corrected chi connectivity index (χ2v) is 3.93. The highest BCUT2D eigenvalue weighted by Crippen LogP contribution is 2.12. The first-order valence-electron chi connectivity index (χ1n) is 6.15. The average Bonchev–Trinajstić information content (AvgIpc) is 2.38. The Morgan fingerprint density at radius 3 is 2.47 bits per heavy atom. The summed E-state index contributed by atoms with van der Waals surface area (Å²) in [6.07, 6.45) is 0.318. The number of hydrogen-bond acceptors (Lipinski definition) is 5. The van der Waals surface area contributed by atoms with Crippen LogP contribution in [0.4, 0.5) is 0 Å². The summed E-state index contributed by atoms with van der Waals surface area (Å²) in [6, 6.07) is 7.09. The molecule has 104 valence electrons. The fraction of sp³-hybridized carbons (Fsp3) is 0.429. The molecule has 0 bridgehead atoms. The molecule has 1 rings (SSSR count). The molecule has 1 N–H and O–H groups in total. The van der Waals surface area contributed by atoms with Gasteiger partial charge in [-0.15, -0.1) is 0 Å². The van der Waals surface area contributed by atoms with E-state index in [1.54, 1.807) is 19.1 Å². The van der Waals surface area contributed by atoms with Crippen LogP contribution in [-0.4, -0.2) is 36.7 Å². The summed E-state index contributed by atoms with van der Waals surface area (Å²) in [7, 11) is 0. The molecule has 0 amide bonds. The molecule has 0 aromatic heterocycles. The highest BCUT2D eigenvalue weighted by atomic mass is 16.5. The molecule has 5 nitrogen and oxygen atoms in total. The smallest absolute Gasteiger partial charge is 0.313 e. The second kappa shape index (κ2) is 8.26. The predicted molar refractivity (Wildman–Crippen MR) is 69.0 cm³/mol. The number of Topliss-reactive ketones (excluding diaryl/α,β-unsaturated/α-hetero) is 1. The van der Waals surface area contributed by atoms with Crippen molar-refractivity contribution < 1.29 is 24.2 Å². The normalized spacial score (nSPS) is 10.0. The van der Waals surface area contributed by atoms with Crippen molar-refractivity contribution in [2.24, 2.45) is 0 Å². The van der Waals surface area contributed by atoms with Crippen molar-refractivity contribution in [2.75, 3.05) is 19.8 Å². The number of carbonyl (C=O) groups excluding carboxylic acids is 2. The number of aliphatic hydroxyl groups excluding tert-OH is 1. The van der Waals surface area contributed by atoms with E-state index < -0.39 is 5.97 Å². The highest BCUT2D eigenvalue weighted by molar-refractivity contribution is 5.96. The van der Waals surface area contributed by atoms with Gasteiger partial charge in [-0.05, 0) is 31.0 Å². The number of hydrogen-bond donors (Lipinski definition) is 1. The molecule has 0 unspecified atom stereocenters. The Kier molecular flexibility index (Phi) is 6.60. The summed E-state index contributed by atoms with van der Waals surface area (Å²) < 4.78 is 9.93. The van der Waals surface area contributed by atoms with Crippen molar-refractivity contribution in [1.29, 1.82) is 0 Å². The van der Waals surface area contributed by atoms with E-state index in [4.69, 9.17) is 9.84 Å². The zero-order chi connectivity index (χ0) is 14.1. The van der Waals surface area contributed by atoms with Gasteiger partial charge in [0.25, 0.3) is 0 Å². The van der Waals surface area contributed by atoms with Crippen LogP contribution in [0.5, 0.6) is 5.75 Å². The Morgan fingerprint density at radius 2 is 1.89 bits per heavy atom. The van der Waals surface area contributed by atoms with Gasteiger partial charge in [-0.2, -0.15) is 0 Å². The minimum atomic E-state index is -0.533. The van der Waals surface area contributed by atoms with Gasteiger partial charge in [0, 0.05) is 6.61 Å². The maximum atomic E-state index is 11.4. The van der Waals surface area contributed by atoms with Crippen LogP contribution in [0.25, 0.3) is 0 Å². The van der Waals surface area contributed by atoms with Gasteiger partial charge in [-0.1, -0.05) is 12.1 Å². The van der Waals surface area contributed by atoms with Crippen molar-refractivity contribution in [3.05, 3.63) is 29.8 Å². The monoisotopic (exact) mass is 266 g/mol. The lowest BCUT2D eigenvalue weighted by Crippen LogP contribution is -2.17. The fourth-order valence-electron chi connectivity index (χ4n) is 1.47. The van der Waals surface area contributed by atoms with E-state index in [9.17, 15) is 9.59 Å². The molecule has 0 saturated heterocycles. The van der Waals surface area contributed by atoms with E-state index in [0.717, 1.165) is 5.56 Å². The van der Waals surface area contributed by atoms with Gasteiger partial charge in [-0.25, -0.2) is 0 Å². The first kappa shape index (κ1) is 15.2. The number of rotatable bonds is 8. The van der Waals surface area contributed by atoms with Crippen molar-refractivity contribution >= 4 is 11.8 Å². The standard InChI is InChI=1S/C14H18O5/c1-2-18-14(17)9-12(16)10-19-13-5-3-11(4-6-13)7-8-15/h3-6,15H,2,7-10H2,1H3. The third-order valence-electron chi connectivity index (χ3n) is 2.37. The largest absolute Gasteiger partial charge is 0.486 e. The molecule has 0 atom stereocenters. The van der Waals surface area contributed by atoms with Gasteiger partial charge in [0.15, 0.2) is 5.78 Å². The summed E-state index contributed by atoms with van der Waals surface area (Å²) in [5.74, 6) is -0.300. The maximum Gasteiger partial charge on any atom is 0.313 e. The molecule has 0 aliphatic carbocycles. The van der Waals surface area contributed by atoms with Gasteiger partial charge < -0.3 is 14.6 Å². The molecule has 0 aliphatic rings. The fourth-order valence-corrected chi connectivity index (χ4v) is 1.47. The lowest BCUT2D eigenvalue weighted by molar-refractivity contribution is -0.145. The van der Waals surface area contributed by atoms with Gasteiger partial charge in [0.1, 0.15) is 18.8 Å². The highest BCUT2D eigenvalue weighted by Gasteiger charge is 2.10. The molecule has 0 saturated carbocycles. The average molecular weight is 266 g/mol. The number of benzene rings is 1. The van der Waals surface area contributed by atoms with Gasteiger partial charge in [0.05, 0.1) is 6.61 Å². The third kappa shape index (κ3) is 6.01. The van der Waals surface area contributed by atoms with Crippen molar-refractivity contribution in [1.82, 2.24) is 0 Å². The Labute approximate surface area is 112 Å². The maximum absolute atomic E-state index is 11.4. The Morgan fingerprint density at radius 1 is 1.21 bits per heavy atom. The molecule has 0 radical (unpaired) electrons. The van der Waals surface area contributed by atoms with E-state index in [1.807, 2.05) is 12.1 Å². The summed E-state index contributed by atoms with van der Waals surface area (Å²) in [5.41, 5.74) is 0.993. The first-order chi connectivity index (χ1) is 9.15. The summed E-state index contributed by atoms with van der Waals surface area (Å²) >= 11 is 0. The van der Waals surface area contributed by atoms with Crippen molar-refractivity contribution in [3.63, 3.8) is 0 Å². The topological polar surface area (TPSA) is 72.8 Å². The van der Waals surface area contributed by atoms with Crippen LogP contribution in [0.15, 0.2) is 24.3 Å². The molecule has 19 heavy (non-hydrogen) atoms. The van der Waals surface area contributed by atoms with Crippen LogP contribution >= 0.6 is 0 Å².